The molecule has 0 bridgehead atoms. The molecule has 5 rings (SSSR count). The second-order valence-corrected chi connectivity index (χ2v) is 8.27. The van der Waals surface area contributed by atoms with Gasteiger partial charge in [0.05, 0.1) is 16.7 Å². The zero-order valence-electron chi connectivity index (χ0n) is 17.2. The lowest BCUT2D eigenvalue weighted by atomic mass is 9.76. The number of allylic oxidation sites excluding steroid dienone is 2. The van der Waals surface area contributed by atoms with Gasteiger partial charge in [0.2, 0.25) is 0 Å². The highest BCUT2D eigenvalue weighted by Gasteiger charge is 2.37. The molecule has 0 spiro atoms. The fourth-order valence-electron chi connectivity index (χ4n) is 4.68. The number of nitrogens with one attached hydrogen (secondary N) is 1. The first kappa shape index (κ1) is 19.2. The number of nitrogens with zero attached hydrogens (tertiary/aromatic N) is 2. The van der Waals surface area contributed by atoms with Gasteiger partial charge in [-0.3, -0.25) is 15.1 Å². The summed E-state index contributed by atoms with van der Waals surface area (Å²) in [5.74, 6) is 0.959. The Hall–Kier alpha value is -3.73. The van der Waals surface area contributed by atoms with E-state index in [9.17, 15) is 10.1 Å². The predicted octanol–water partition coefficient (Wildman–Crippen LogP) is 6.48. The molecule has 3 atom stereocenters. The van der Waals surface area contributed by atoms with Crippen LogP contribution in [0.15, 0.2) is 83.9 Å². The Morgan fingerprint density at radius 1 is 1.10 bits per heavy atom. The minimum atomic E-state index is -0.395. The summed E-state index contributed by atoms with van der Waals surface area (Å²) in [5, 5.41) is 14.7. The van der Waals surface area contributed by atoms with Gasteiger partial charge in [0, 0.05) is 30.0 Å². The molecular weight excluding hydrogens is 386 g/mol. The zero-order chi connectivity index (χ0) is 21.4. The van der Waals surface area contributed by atoms with Crippen molar-refractivity contribution in [3.8, 4) is 0 Å². The van der Waals surface area contributed by atoms with Crippen LogP contribution in [0.4, 0.5) is 17.1 Å². The van der Waals surface area contributed by atoms with Gasteiger partial charge in [-0.2, -0.15) is 0 Å². The molecule has 0 amide bonds. The molecule has 1 aliphatic heterocycles. The van der Waals surface area contributed by atoms with Crippen LogP contribution in [0.1, 0.15) is 40.6 Å². The third kappa shape index (κ3) is 3.75. The number of benzene rings is 3. The summed E-state index contributed by atoms with van der Waals surface area (Å²) >= 11 is 0. The van der Waals surface area contributed by atoms with Gasteiger partial charge >= 0.3 is 0 Å². The van der Waals surface area contributed by atoms with Crippen LogP contribution in [0.2, 0.25) is 0 Å². The zero-order valence-corrected chi connectivity index (χ0v) is 17.2. The number of anilines is 1. The molecule has 31 heavy (non-hydrogen) atoms. The number of hydrogen-bond donors (Lipinski definition) is 1. The molecule has 2 aliphatic rings. The monoisotopic (exact) mass is 409 g/mol. The summed E-state index contributed by atoms with van der Waals surface area (Å²) in [7, 11) is 0. The molecule has 1 heterocycles. The minimum Gasteiger partial charge on any atom is -0.378 e. The summed E-state index contributed by atoms with van der Waals surface area (Å²) < 4.78 is 0. The minimum absolute atomic E-state index is 0.0675. The average molecular weight is 409 g/mol. The Balaban J connectivity index is 1.37. The molecule has 0 aromatic heterocycles. The van der Waals surface area contributed by atoms with E-state index in [1.165, 1.54) is 34.5 Å². The Morgan fingerprint density at radius 2 is 1.94 bits per heavy atom. The number of fused-ring (bicyclic) bond motifs is 3. The van der Waals surface area contributed by atoms with Crippen LogP contribution in [-0.2, 0) is 0 Å². The highest BCUT2D eigenvalue weighted by Crippen LogP contribution is 2.50. The lowest BCUT2D eigenvalue weighted by Crippen LogP contribution is -2.29. The number of nitro groups is 1. The fraction of sp³-hybridized carbons (Fsp3) is 0.192. The highest BCUT2D eigenvalue weighted by atomic mass is 16.6. The van der Waals surface area contributed by atoms with Crippen molar-refractivity contribution in [1.82, 2.24) is 0 Å². The number of aryl methyl sites for hydroxylation is 1. The first-order chi connectivity index (χ1) is 15.1. The van der Waals surface area contributed by atoms with Crippen molar-refractivity contribution < 1.29 is 4.92 Å². The van der Waals surface area contributed by atoms with Crippen LogP contribution in [0, 0.1) is 23.0 Å². The number of hydrogen-bond acceptors (Lipinski definition) is 4. The van der Waals surface area contributed by atoms with Gasteiger partial charge in [-0.1, -0.05) is 54.1 Å². The van der Waals surface area contributed by atoms with Crippen LogP contribution in [0.5, 0.6) is 0 Å². The first-order valence-electron chi connectivity index (χ1n) is 10.5. The number of nitro benzene ring substituents is 1. The summed E-state index contributed by atoms with van der Waals surface area (Å²) in [5.41, 5.74) is 6.76. The molecule has 3 aromatic rings. The maximum absolute atomic E-state index is 10.9. The number of rotatable bonds is 4. The summed E-state index contributed by atoms with van der Waals surface area (Å²) in [6.45, 7) is 2.15. The van der Waals surface area contributed by atoms with E-state index in [1.807, 2.05) is 18.2 Å². The second kappa shape index (κ2) is 7.84. The summed E-state index contributed by atoms with van der Waals surface area (Å²) in [4.78, 5) is 15.0. The topological polar surface area (TPSA) is 67.5 Å². The van der Waals surface area contributed by atoms with Crippen LogP contribution in [0.3, 0.4) is 0 Å². The molecule has 154 valence electrons. The van der Waals surface area contributed by atoms with Crippen LogP contribution in [0.25, 0.3) is 0 Å². The molecule has 0 radical (unpaired) electrons. The summed E-state index contributed by atoms with van der Waals surface area (Å²) in [6.07, 6.45) is 7.40. The summed E-state index contributed by atoms with van der Waals surface area (Å²) in [6, 6.07) is 21.7. The van der Waals surface area contributed by atoms with E-state index >= 15 is 0 Å². The van der Waals surface area contributed by atoms with Crippen molar-refractivity contribution in [2.45, 2.75) is 25.3 Å². The van der Waals surface area contributed by atoms with Gasteiger partial charge in [0.15, 0.2) is 0 Å². The van der Waals surface area contributed by atoms with Crippen molar-refractivity contribution >= 4 is 23.3 Å². The molecule has 0 saturated carbocycles. The van der Waals surface area contributed by atoms with Gasteiger partial charge in [0.1, 0.15) is 0 Å². The van der Waals surface area contributed by atoms with Crippen molar-refractivity contribution in [2.75, 3.05) is 5.32 Å². The molecule has 1 aliphatic carbocycles. The van der Waals surface area contributed by atoms with E-state index in [2.05, 4.69) is 59.7 Å². The van der Waals surface area contributed by atoms with Crippen molar-refractivity contribution in [3.63, 3.8) is 0 Å². The third-order valence-electron chi connectivity index (χ3n) is 6.21. The Bertz CT molecular complexity index is 1200. The van der Waals surface area contributed by atoms with Gasteiger partial charge in [-0.25, -0.2) is 0 Å². The molecule has 0 fully saturated rings. The fourth-order valence-corrected chi connectivity index (χ4v) is 4.68. The van der Waals surface area contributed by atoms with Gasteiger partial charge < -0.3 is 5.32 Å². The van der Waals surface area contributed by atoms with E-state index in [0.29, 0.717) is 17.4 Å². The Kier molecular flexibility index (Phi) is 4.86. The maximum Gasteiger partial charge on any atom is 0.270 e. The van der Waals surface area contributed by atoms with E-state index in [1.54, 1.807) is 12.3 Å². The Morgan fingerprint density at radius 3 is 2.74 bits per heavy atom. The lowest BCUT2D eigenvalue weighted by Gasteiger charge is -2.37. The van der Waals surface area contributed by atoms with Crippen LogP contribution >= 0.6 is 0 Å². The number of aliphatic imine (C=N–C) groups is 1. The van der Waals surface area contributed by atoms with Gasteiger partial charge in [-0.15, -0.1) is 0 Å². The Labute approximate surface area is 181 Å². The largest absolute Gasteiger partial charge is 0.378 e. The van der Waals surface area contributed by atoms with Crippen LogP contribution < -0.4 is 5.32 Å². The third-order valence-corrected chi connectivity index (χ3v) is 6.21. The quantitative estimate of drug-likeness (QED) is 0.232. The number of non-ortho nitro benzene ring substituents is 1. The van der Waals surface area contributed by atoms with Gasteiger partial charge in [0.25, 0.3) is 5.69 Å². The average Bonchev–Trinajstić information content (AvgIpc) is 3.28. The van der Waals surface area contributed by atoms with Crippen molar-refractivity contribution in [1.29, 1.82) is 0 Å². The normalized spacial score (nSPS) is 21.5. The van der Waals surface area contributed by atoms with E-state index in [-0.39, 0.29) is 11.7 Å². The lowest BCUT2D eigenvalue weighted by molar-refractivity contribution is -0.384. The molecule has 3 aromatic carbocycles. The molecule has 5 nitrogen and oxygen atoms in total. The maximum atomic E-state index is 10.9. The molecular formula is C26H23N3O2. The van der Waals surface area contributed by atoms with Crippen molar-refractivity contribution in [3.05, 3.63) is 111 Å². The highest BCUT2D eigenvalue weighted by molar-refractivity contribution is 5.82. The smallest absolute Gasteiger partial charge is 0.270 e. The first-order valence-corrected chi connectivity index (χ1v) is 10.5. The molecule has 5 heteroatoms. The van der Waals surface area contributed by atoms with E-state index < -0.39 is 4.92 Å². The van der Waals surface area contributed by atoms with Gasteiger partial charge in [-0.05, 0) is 54.2 Å². The molecule has 3 unspecified atom stereocenters. The van der Waals surface area contributed by atoms with Crippen LogP contribution in [-0.4, -0.2) is 11.1 Å². The molecule has 0 saturated heterocycles. The van der Waals surface area contributed by atoms with E-state index in [4.69, 9.17) is 0 Å². The predicted molar refractivity (Wildman–Crippen MR) is 124 cm³/mol. The standard InChI is InChI=1S/C26H23N3O2/c1-17-8-13-25-24(14-17)22-6-3-7-23(22)26(28-25)19-9-11-20(12-10-19)27-16-18-4-2-5-21(15-18)29(30)31/h2-6,8-16,22-23,26,28H,7H2,1H3. The van der Waals surface area contributed by atoms with Crippen molar-refractivity contribution in [2.24, 2.45) is 10.9 Å². The SMILES string of the molecule is Cc1ccc2c(c1)C1C=CCC1C(c1ccc(N=Cc3cccc([N+](=O)[O-])c3)cc1)N2. The van der Waals surface area contributed by atoms with E-state index in [0.717, 1.165) is 12.1 Å². The second-order valence-electron chi connectivity index (χ2n) is 8.27. The molecule has 1 N–H and O–H groups in total.